The fourth-order valence-electron chi connectivity index (χ4n) is 3.37. The van der Waals surface area contributed by atoms with E-state index in [2.05, 4.69) is 28.2 Å². The van der Waals surface area contributed by atoms with Crippen LogP contribution in [0.2, 0.25) is 0 Å². The Bertz CT molecular complexity index is 894. The van der Waals surface area contributed by atoms with Gasteiger partial charge in [0.25, 0.3) is 0 Å². The summed E-state index contributed by atoms with van der Waals surface area (Å²) in [6.45, 7) is 0. The van der Waals surface area contributed by atoms with Gasteiger partial charge >= 0.3 is 0 Å². The van der Waals surface area contributed by atoms with E-state index in [1.165, 1.54) is 11.1 Å². The number of hydrogen-bond donors (Lipinski definition) is 0. The average Bonchev–Trinajstić information content (AvgIpc) is 3.11. The molecule has 0 saturated carbocycles. The zero-order chi connectivity index (χ0) is 15.6. The fraction of sp³-hybridized carbons (Fsp3) is 0.150. The third-order valence-corrected chi connectivity index (χ3v) is 4.34. The Labute approximate surface area is 135 Å². The van der Waals surface area contributed by atoms with Crippen LogP contribution in [0, 0.1) is 11.3 Å². The first-order valence-electron chi connectivity index (χ1n) is 7.81. The Balaban J connectivity index is 2.01. The Morgan fingerprint density at radius 2 is 1.70 bits per heavy atom. The first-order valence-corrected chi connectivity index (χ1v) is 7.81. The average molecular weight is 297 g/mol. The molecule has 3 aromatic rings. The molecular formula is C20H15N3. The topological polar surface area (TPSA) is 49.6 Å². The van der Waals surface area contributed by atoms with Crippen molar-refractivity contribution in [3.8, 4) is 28.6 Å². The summed E-state index contributed by atoms with van der Waals surface area (Å²) < 4.78 is 0. The van der Waals surface area contributed by atoms with Gasteiger partial charge in [-0.3, -0.25) is 4.98 Å². The SMILES string of the molecule is N#Cc1nc(-c2ccccn2)c2c(c1-c1ccccc1)CCC2. The van der Waals surface area contributed by atoms with Crippen molar-refractivity contribution < 1.29 is 0 Å². The van der Waals surface area contributed by atoms with E-state index >= 15 is 0 Å². The monoisotopic (exact) mass is 297 g/mol. The minimum atomic E-state index is 0.498. The van der Waals surface area contributed by atoms with E-state index in [1.807, 2.05) is 36.4 Å². The van der Waals surface area contributed by atoms with Crippen molar-refractivity contribution in [2.24, 2.45) is 0 Å². The molecule has 0 spiro atoms. The van der Waals surface area contributed by atoms with Gasteiger partial charge in [0.05, 0.1) is 11.4 Å². The van der Waals surface area contributed by atoms with Gasteiger partial charge in [0, 0.05) is 11.8 Å². The van der Waals surface area contributed by atoms with Gasteiger partial charge in [0.1, 0.15) is 11.8 Å². The number of nitriles is 1. The van der Waals surface area contributed by atoms with Crippen molar-refractivity contribution in [2.75, 3.05) is 0 Å². The highest BCUT2D eigenvalue weighted by Crippen LogP contribution is 2.38. The maximum atomic E-state index is 9.65. The Morgan fingerprint density at radius 1 is 0.913 bits per heavy atom. The maximum absolute atomic E-state index is 9.65. The molecule has 110 valence electrons. The summed E-state index contributed by atoms with van der Waals surface area (Å²) in [6, 6.07) is 18.2. The Morgan fingerprint density at radius 3 is 2.43 bits per heavy atom. The number of nitrogens with zero attached hydrogens (tertiary/aromatic N) is 3. The van der Waals surface area contributed by atoms with E-state index in [-0.39, 0.29) is 0 Å². The van der Waals surface area contributed by atoms with Gasteiger partial charge in [0.2, 0.25) is 0 Å². The van der Waals surface area contributed by atoms with Crippen molar-refractivity contribution in [2.45, 2.75) is 19.3 Å². The molecule has 0 fully saturated rings. The minimum absolute atomic E-state index is 0.498. The van der Waals surface area contributed by atoms with E-state index in [4.69, 9.17) is 0 Å². The van der Waals surface area contributed by atoms with Crippen molar-refractivity contribution in [1.82, 2.24) is 9.97 Å². The van der Waals surface area contributed by atoms with Gasteiger partial charge in [-0.05, 0) is 48.1 Å². The van der Waals surface area contributed by atoms with Crippen LogP contribution < -0.4 is 0 Å². The van der Waals surface area contributed by atoms with E-state index in [0.717, 1.165) is 41.8 Å². The van der Waals surface area contributed by atoms with Crippen LogP contribution >= 0.6 is 0 Å². The van der Waals surface area contributed by atoms with E-state index in [1.54, 1.807) is 6.20 Å². The molecule has 0 amide bonds. The Kier molecular flexibility index (Phi) is 3.36. The molecule has 4 rings (SSSR count). The van der Waals surface area contributed by atoms with Gasteiger partial charge in [0.15, 0.2) is 0 Å². The molecule has 1 aliphatic rings. The summed E-state index contributed by atoms with van der Waals surface area (Å²) in [4.78, 5) is 9.12. The van der Waals surface area contributed by atoms with Gasteiger partial charge in [-0.25, -0.2) is 4.98 Å². The molecule has 23 heavy (non-hydrogen) atoms. The van der Waals surface area contributed by atoms with Crippen LogP contribution in [0.3, 0.4) is 0 Å². The minimum Gasteiger partial charge on any atom is -0.255 e. The number of aromatic nitrogens is 2. The van der Waals surface area contributed by atoms with Crippen LogP contribution in [-0.2, 0) is 12.8 Å². The Hall–Kier alpha value is -2.99. The molecular weight excluding hydrogens is 282 g/mol. The molecule has 3 nitrogen and oxygen atoms in total. The standard InChI is InChI=1S/C20H15N3/c21-13-18-19(14-7-2-1-3-8-14)15-9-6-10-16(15)20(23-18)17-11-4-5-12-22-17/h1-5,7-8,11-12H,6,9-10H2. The molecule has 2 aromatic heterocycles. The van der Waals surface area contributed by atoms with Crippen molar-refractivity contribution in [1.29, 1.82) is 5.26 Å². The third-order valence-electron chi connectivity index (χ3n) is 4.34. The normalized spacial score (nSPS) is 12.7. The van der Waals surface area contributed by atoms with Crippen molar-refractivity contribution in [3.05, 3.63) is 71.5 Å². The molecule has 0 saturated heterocycles. The lowest BCUT2D eigenvalue weighted by atomic mass is 9.94. The van der Waals surface area contributed by atoms with E-state index < -0.39 is 0 Å². The fourth-order valence-corrected chi connectivity index (χ4v) is 3.37. The van der Waals surface area contributed by atoms with Crippen molar-refractivity contribution >= 4 is 0 Å². The zero-order valence-electron chi connectivity index (χ0n) is 12.7. The lowest BCUT2D eigenvalue weighted by Crippen LogP contribution is -2.02. The summed E-state index contributed by atoms with van der Waals surface area (Å²) in [7, 11) is 0. The number of benzene rings is 1. The molecule has 0 N–H and O–H groups in total. The number of rotatable bonds is 2. The zero-order valence-corrected chi connectivity index (χ0v) is 12.7. The number of fused-ring (bicyclic) bond motifs is 1. The quantitative estimate of drug-likeness (QED) is 0.713. The molecule has 2 heterocycles. The number of hydrogen-bond acceptors (Lipinski definition) is 3. The van der Waals surface area contributed by atoms with Crippen molar-refractivity contribution in [3.63, 3.8) is 0 Å². The molecule has 1 aromatic carbocycles. The first kappa shape index (κ1) is 13.7. The van der Waals surface area contributed by atoms with Gasteiger partial charge in [-0.15, -0.1) is 0 Å². The smallest absolute Gasteiger partial charge is 0.149 e. The lowest BCUT2D eigenvalue weighted by molar-refractivity contribution is 0.911. The molecule has 3 heteroatoms. The highest BCUT2D eigenvalue weighted by atomic mass is 14.8. The lowest BCUT2D eigenvalue weighted by Gasteiger charge is -2.14. The summed E-state index contributed by atoms with van der Waals surface area (Å²) in [5, 5.41) is 9.65. The second-order valence-electron chi connectivity index (χ2n) is 5.69. The molecule has 1 aliphatic carbocycles. The van der Waals surface area contributed by atoms with Gasteiger partial charge in [-0.2, -0.15) is 5.26 Å². The summed E-state index contributed by atoms with van der Waals surface area (Å²) in [5.74, 6) is 0. The third kappa shape index (κ3) is 2.29. The highest BCUT2D eigenvalue weighted by molar-refractivity contribution is 5.78. The summed E-state index contributed by atoms with van der Waals surface area (Å²) in [5.41, 5.74) is 6.81. The molecule has 0 atom stereocenters. The predicted octanol–water partition coefficient (Wildman–Crippen LogP) is 4.17. The largest absolute Gasteiger partial charge is 0.255 e. The predicted molar refractivity (Wildman–Crippen MR) is 89.6 cm³/mol. The first-order chi connectivity index (χ1) is 11.4. The molecule has 0 unspecified atom stereocenters. The van der Waals surface area contributed by atoms with Gasteiger partial charge in [-0.1, -0.05) is 36.4 Å². The highest BCUT2D eigenvalue weighted by Gasteiger charge is 2.25. The second kappa shape index (κ2) is 5.66. The van der Waals surface area contributed by atoms with Crippen LogP contribution in [-0.4, -0.2) is 9.97 Å². The number of pyridine rings is 2. The molecule has 0 radical (unpaired) electrons. The van der Waals surface area contributed by atoms with Crippen LogP contribution in [0.25, 0.3) is 22.5 Å². The van der Waals surface area contributed by atoms with Gasteiger partial charge < -0.3 is 0 Å². The van der Waals surface area contributed by atoms with E-state index in [0.29, 0.717) is 5.69 Å². The van der Waals surface area contributed by atoms with E-state index in [9.17, 15) is 5.26 Å². The molecule has 0 bridgehead atoms. The summed E-state index contributed by atoms with van der Waals surface area (Å²) >= 11 is 0. The van der Waals surface area contributed by atoms with Crippen LogP contribution in [0.1, 0.15) is 23.2 Å². The molecule has 0 aliphatic heterocycles. The summed E-state index contributed by atoms with van der Waals surface area (Å²) in [6.07, 6.45) is 4.87. The maximum Gasteiger partial charge on any atom is 0.149 e. The van der Waals surface area contributed by atoms with Crippen LogP contribution in [0.4, 0.5) is 0 Å². The second-order valence-corrected chi connectivity index (χ2v) is 5.69. The van der Waals surface area contributed by atoms with Crippen LogP contribution in [0.5, 0.6) is 0 Å². The van der Waals surface area contributed by atoms with Crippen LogP contribution in [0.15, 0.2) is 54.7 Å².